The van der Waals surface area contributed by atoms with Gasteiger partial charge in [0.2, 0.25) is 0 Å². The number of hydrogen-bond donors (Lipinski definition) is 0. The molecule has 0 amide bonds. The van der Waals surface area contributed by atoms with E-state index in [4.69, 9.17) is 21.7 Å². The molecule has 142 valence electrons. The van der Waals surface area contributed by atoms with Gasteiger partial charge in [-0.25, -0.2) is 8.42 Å². The van der Waals surface area contributed by atoms with Crippen molar-refractivity contribution in [1.82, 2.24) is 0 Å². The number of hydrogen-bond acceptors (Lipinski definition) is 5. The molecule has 2 aromatic rings. The predicted octanol–water partition coefficient (Wildman–Crippen LogP) is 2.48. The summed E-state index contributed by atoms with van der Waals surface area (Å²) < 4.78 is 35.2. The van der Waals surface area contributed by atoms with Gasteiger partial charge in [-0.05, 0) is 60.7 Å². The van der Waals surface area contributed by atoms with Crippen molar-refractivity contribution in [3.8, 4) is 11.5 Å². The Kier molecular flexibility index (Phi) is 4.47. The highest BCUT2D eigenvalue weighted by molar-refractivity contribution is 7.91. The zero-order valence-electron chi connectivity index (χ0n) is 15.0. The summed E-state index contributed by atoms with van der Waals surface area (Å²) in [7, 11) is 0.0944. The van der Waals surface area contributed by atoms with Crippen LogP contribution in [0, 0.1) is 0 Å². The van der Waals surface area contributed by atoms with Crippen LogP contribution in [0.5, 0.6) is 11.5 Å². The van der Waals surface area contributed by atoms with E-state index in [-0.39, 0.29) is 23.6 Å². The van der Waals surface area contributed by atoms with E-state index in [2.05, 4.69) is 0 Å². The van der Waals surface area contributed by atoms with Crippen LogP contribution in [-0.4, -0.2) is 51.3 Å². The number of fused-ring (bicyclic) bond motifs is 1. The zero-order chi connectivity index (χ0) is 19.2. The van der Waals surface area contributed by atoms with Crippen molar-refractivity contribution in [2.24, 2.45) is 0 Å². The Morgan fingerprint density at radius 3 is 1.52 bits per heavy atom. The van der Waals surface area contributed by atoms with Crippen LogP contribution in [-0.2, 0) is 9.84 Å². The van der Waals surface area contributed by atoms with Crippen molar-refractivity contribution in [2.45, 2.75) is 12.1 Å². The fraction of sp³-hybridized carbons (Fsp3) is 0.316. The molecule has 0 N–H and O–H groups in total. The van der Waals surface area contributed by atoms with Gasteiger partial charge in [-0.3, -0.25) is 0 Å². The summed E-state index contributed by atoms with van der Waals surface area (Å²) in [6.07, 6.45) is 0. The first-order valence-corrected chi connectivity index (χ1v) is 10.8. The maximum Gasteiger partial charge on any atom is 0.181 e. The minimum Gasteiger partial charge on any atom is -0.497 e. The molecule has 0 spiro atoms. The lowest BCUT2D eigenvalue weighted by atomic mass is 10.1. The molecule has 2 aliphatic heterocycles. The molecule has 0 radical (unpaired) electrons. The number of sulfone groups is 1. The molecule has 0 bridgehead atoms. The molecule has 2 aliphatic rings. The number of anilines is 2. The number of ether oxygens (including phenoxy) is 2. The summed E-state index contributed by atoms with van der Waals surface area (Å²) in [5, 5.41) is 0.607. The van der Waals surface area contributed by atoms with E-state index < -0.39 is 9.84 Å². The van der Waals surface area contributed by atoms with Gasteiger partial charge in [0.1, 0.15) is 11.5 Å². The lowest BCUT2D eigenvalue weighted by Crippen LogP contribution is -2.37. The quantitative estimate of drug-likeness (QED) is 0.726. The fourth-order valence-electron chi connectivity index (χ4n) is 3.79. The first kappa shape index (κ1) is 18.1. The minimum absolute atomic E-state index is 0.0937. The summed E-state index contributed by atoms with van der Waals surface area (Å²) in [6.45, 7) is 0. The normalized spacial score (nSPS) is 23.4. The standard InChI is InChI=1S/C19H20N2O4S2/c1-24-15-7-3-13(4-8-15)20-17-11-27(22,23)12-18(17)21(19(20)26)14-5-9-16(25-2)10-6-14/h3-10,17-18H,11-12H2,1-2H3. The van der Waals surface area contributed by atoms with E-state index in [1.165, 1.54) is 0 Å². The number of rotatable bonds is 4. The average molecular weight is 405 g/mol. The monoisotopic (exact) mass is 404 g/mol. The Morgan fingerprint density at radius 1 is 0.815 bits per heavy atom. The lowest BCUT2D eigenvalue weighted by Gasteiger charge is -2.26. The average Bonchev–Trinajstić information content (AvgIpc) is 3.10. The topological polar surface area (TPSA) is 59.1 Å². The van der Waals surface area contributed by atoms with Crippen molar-refractivity contribution in [2.75, 3.05) is 35.5 Å². The van der Waals surface area contributed by atoms with Crippen molar-refractivity contribution >= 4 is 38.5 Å². The molecular formula is C19H20N2O4S2. The highest BCUT2D eigenvalue weighted by Crippen LogP contribution is 2.38. The molecular weight excluding hydrogens is 384 g/mol. The van der Waals surface area contributed by atoms with Gasteiger partial charge in [0.05, 0.1) is 37.8 Å². The van der Waals surface area contributed by atoms with Gasteiger partial charge >= 0.3 is 0 Å². The molecule has 2 unspecified atom stereocenters. The van der Waals surface area contributed by atoms with Gasteiger partial charge in [-0.1, -0.05) is 0 Å². The Balaban J connectivity index is 1.75. The third-order valence-electron chi connectivity index (χ3n) is 5.07. The van der Waals surface area contributed by atoms with Crippen LogP contribution in [0.25, 0.3) is 0 Å². The van der Waals surface area contributed by atoms with E-state index >= 15 is 0 Å². The summed E-state index contributed by atoms with van der Waals surface area (Å²) in [5.74, 6) is 1.67. The second-order valence-corrected chi connectivity index (χ2v) is 9.15. The van der Waals surface area contributed by atoms with Crippen LogP contribution >= 0.6 is 12.2 Å². The van der Waals surface area contributed by atoms with Crippen LogP contribution in [0.15, 0.2) is 48.5 Å². The second-order valence-electron chi connectivity index (χ2n) is 6.63. The van der Waals surface area contributed by atoms with E-state index in [1.54, 1.807) is 14.2 Å². The van der Waals surface area contributed by atoms with Crippen LogP contribution < -0.4 is 19.3 Å². The van der Waals surface area contributed by atoms with Gasteiger partial charge in [-0.2, -0.15) is 0 Å². The highest BCUT2D eigenvalue weighted by Gasteiger charge is 2.52. The third kappa shape index (κ3) is 3.12. The lowest BCUT2D eigenvalue weighted by molar-refractivity contribution is 0.414. The molecule has 2 heterocycles. The van der Waals surface area contributed by atoms with Gasteiger partial charge in [0, 0.05) is 11.4 Å². The number of methoxy groups -OCH3 is 2. The first-order valence-electron chi connectivity index (χ1n) is 8.54. The van der Waals surface area contributed by atoms with Crippen molar-refractivity contribution < 1.29 is 17.9 Å². The number of thiocarbonyl (C=S) groups is 1. The first-order chi connectivity index (χ1) is 12.9. The van der Waals surface area contributed by atoms with Crippen molar-refractivity contribution in [3.05, 3.63) is 48.5 Å². The Hall–Kier alpha value is -2.32. The minimum atomic E-state index is -3.13. The Labute approximate surface area is 164 Å². The smallest absolute Gasteiger partial charge is 0.181 e. The number of benzene rings is 2. The van der Waals surface area contributed by atoms with E-state index in [1.807, 2.05) is 58.3 Å². The Morgan fingerprint density at radius 2 is 1.19 bits per heavy atom. The summed E-state index contributed by atoms with van der Waals surface area (Å²) in [4.78, 5) is 3.91. The number of nitrogens with zero attached hydrogens (tertiary/aromatic N) is 2. The largest absolute Gasteiger partial charge is 0.497 e. The molecule has 2 saturated heterocycles. The molecule has 0 aromatic heterocycles. The summed E-state index contributed by atoms with van der Waals surface area (Å²) >= 11 is 5.77. The summed E-state index contributed by atoms with van der Waals surface area (Å²) in [5.41, 5.74) is 1.73. The fourth-order valence-corrected chi connectivity index (χ4v) is 6.19. The molecule has 8 heteroatoms. The predicted molar refractivity (Wildman–Crippen MR) is 110 cm³/mol. The molecule has 0 aliphatic carbocycles. The Bertz CT molecular complexity index is 887. The van der Waals surface area contributed by atoms with Crippen LogP contribution in [0.3, 0.4) is 0 Å². The van der Waals surface area contributed by atoms with E-state index in [9.17, 15) is 8.42 Å². The molecule has 2 atom stereocenters. The second kappa shape index (κ2) is 6.69. The maximum atomic E-state index is 12.4. The van der Waals surface area contributed by atoms with Gasteiger partial charge in [0.25, 0.3) is 0 Å². The molecule has 6 nitrogen and oxygen atoms in total. The zero-order valence-corrected chi connectivity index (χ0v) is 16.7. The van der Waals surface area contributed by atoms with Crippen molar-refractivity contribution in [1.29, 1.82) is 0 Å². The van der Waals surface area contributed by atoms with Crippen LogP contribution in [0.4, 0.5) is 11.4 Å². The maximum absolute atomic E-state index is 12.4. The SMILES string of the molecule is COc1ccc(N2C(=S)N(c3ccc(OC)cc3)C3CS(=O)(=O)CC32)cc1. The molecule has 27 heavy (non-hydrogen) atoms. The van der Waals surface area contributed by atoms with E-state index in [0.29, 0.717) is 5.11 Å². The highest BCUT2D eigenvalue weighted by atomic mass is 32.2. The van der Waals surface area contributed by atoms with Crippen LogP contribution in [0.1, 0.15) is 0 Å². The van der Waals surface area contributed by atoms with Gasteiger partial charge < -0.3 is 19.3 Å². The molecule has 4 rings (SSSR count). The molecule has 2 aromatic carbocycles. The molecule has 0 saturated carbocycles. The molecule has 2 fully saturated rings. The van der Waals surface area contributed by atoms with Gasteiger partial charge in [0.15, 0.2) is 14.9 Å². The van der Waals surface area contributed by atoms with E-state index in [0.717, 1.165) is 22.9 Å². The van der Waals surface area contributed by atoms with Gasteiger partial charge in [-0.15, -0.1) is 0 Å². The van der Waals surface area contributed by atoms with Crippen molar-refractivity contribution in [3.63, 3.8) is 0 Å². The summed E-state index contributed by atoms with van der Waals surface area (Å²) in [6, 6.07) is 14.6. The third-order valence-corrected chi connectivity index (χ3v) is 7.16. The van der Waals surface area contributed by atoms with Crippen LogP contribution in [0.2, 0.25) is 0 Å².